The Morgan fingerprint density at radius 3 is 2.76 bits per heavy atom. The molecule has 2 amide bonds. The number of hydrogen-bond acceptors (Lipinski definition) is 8. The maximum absolute atomic E-state index is 12.7. The molecule has 10 nitrogen and oxygen atoms in total. The van der Waals surface area contributed by atoms with Gasteiger partial charge >= 0.3 is 6.09 Å². The van der Waals surface area contributed by atoms with E-state index in [2.05, 4.69) is 10.3 Å². The van der Waals surface area contributed by atoms with Crippen LogP contribution in [-0.4, -0.2) is 64.0 Å². The number of hydrogen-bond donors (Lipinski definition) is 3. The average Bonchev–Trinajstić information content (AvgIpc) is 3.58. The van der Waals surface area contributed by atoms with Gasteiger partial charge in [-0.1, -0.05) is 23.7 Å². The molecule has 0 aliphatic carbocycles. The zero-order valence-corrected chi connectivity index (χ0v) is 21.7. The Balaban J connectivity index is 0.000000278. The topological polar surface area (TPSA) is 134 Å². The zero-order valence-electron chi connectivity index (χ0n) is 20.9. The number of phenols is 1. The highest BCUT2D eigenvalue weighted by molar-refractivity contribution is 6.30. The van der Waals surface area contributed by atoms with E-state index < -0.39 is 12.0 Å². The van der Waals surface area contributed by atoms with E-state index in [4.69, 9.17) is 25.5 Å². The van der Waals surface area contributed by atoms with Crippen molar-refractivity contribution in [2.24, 2.45) is 0 Å². The molecule has 38 heavy (non-hydrogen) atoms. The van der Waals surface area contributed by atoms with E-state index in [1.54, 1.807) is 31.2 Å². The van der Waals surface area contributed by atoms with Gasteiger partial charge in [-0.2, -0.15) is 0 Å². The number of aliphatic hydroxyl groups is 1. The number of fused-ring (bicyclic) bond motifs is 1. The normalized spacial score (nSPS) is 17.1. The molecule has 0 bridgehead atoms. The van der Waals surface area contributed by atoms with Gasteiger partial charge in [0.25, 0.3) is 5.91 Å². The van der Waals surface area contributed by atoms with Gasteiger partial charge in [-0.15, -0.1) is 0 Å². The van der Waals surface area contributed by atoms with Crippen molar-refractivity contribution in [3.05, 3.63) is 65.1 Å². The number of carbonyl (C=O) groups excluding carboxylic acids is 2. The summed E-state index contributed by atoms with van der Waals surface area (Å²) < 4.78 is 15.7. The monoisotopic (exact) mass is 543 g/mol. The van der Waals surface area contributed by atoms with Gasteiger partial charge in [0.15, 0.2) is 12.2 Å². The Kier molecular flexibility index (Phi) is 9.09. The van der Waals surface area contributed by atoms with Crippen LogP contribution in [0.2, 0.25) is 5.02 Å². The predicted octanol–water partition coefficient (Wildman–Crippen LogP) is 4.38. The van der Waals surface area contributed by atoms with Crippen LogP contribution in [0.1, 0.15) is 42.1 Å². The van der Waals surface area contributed by atoms with Crippen LogP contribution < -0.4 is 10.1 Å². The predicted molar refractivity (Wildman–Crippen MR) is 139 cm³/mol. The molecular formula is C27H30ClN3O7. The van der Waals surface area contributed by atoms with Crippen molar-refractivity contribution in [3.8, 4) is 22.8 Å². The smallest absolute Gasteiger partial charge is 0.410 e. The second-order valence-electron chi connectivity index (χ2n) is 9.12. The first-order valence-electron chi connectivity index (χ1n) is 12.3. The number of aromatic nitrogens is 1. The highest BCUT2D eigenvalue weighted by Crippen LogP contribution is 2.35. The highest BCUT2D eigenvalue weighted by Gasteiger charge is 2.34. The molecule has 0 saturated carbocycles. The fourth-order valence-corrected chi connectivity index (χ4v) is 4.29. The number of halogens is 1. The minimum atomic E-state index is -0.729. The van der Waals surface area contributed by atoms with Crippen molar-refractivity contribution in [1.29, 1.82) is 0 Å². The fraction of sp³-hybridized carbons (Fsp3) is 0.370. The van der Waals surface area contributed by atoms with Gasteiger partial charge in [-0.25, -0.2) is 9.78 Å². The summed E-state index contributed by atoms with van der Waals surface area (Å²) in [5, 5.41) is 23.2. The molecule has 2 aromatic carbocycles. The number of nitrogens with zero attached hydrogens (tertiary/aromatic N) is 2. The maximum atomic E-state index is 12.7. The molecule has 3 N–H and O–H groups in total. The number of rotatable bonds is 7. The molecule has 11 heteroatoms. The number of carbonyl (C=O) groups is 2. The minimum absolute atomic E-state index is 0.0158. The molecule has 2 aliphatic rings. The van der Waals surface area contributed by atoms with Crippen LogP contribution in [0.4, 0.5) is 4.79 Å². The van der Waals surface area contributed by atoms with Gasteiger partial charge in [0.2, 0.25) is 0 Å². The summed E-state index contributed by atoms with van der Waals surface area (Å²) in [6, 6.07) is 10.3. The molecule has 2 saturated heterocycles. The average molecular weight is 544 g/mol. The number of benzene rings is 2. The lowest BCUT2D eigenvalue weighted by atomic mass is 10.0. The third kappa shape index (κ3) is 6.96. The zero-order chi connectivity index (χ0) is 27.1. The first-order chi connectivity index (χ1) is 18.3. The van der Waals surface area contributed by atoms with E-state index >= 15 is 0 Å². The van der Waals surface area contributed by atoms with Crippen molar-refractivity contribution < 1.29 is 33.7 Å². The van der Waals surface area contributed by atoms with Crippen molar-refractivity contribution in [1.82, 2.24) is 15.2 Å². The minimum Gasteiger partial charge on any atom is -0.507 e. The number of aromatic hydroxyl groups is 1. The third-order valence-electron chi connectivity index (χ3n) is 6.15. The first kappa shape index (κ1) is 27.3. The molecule has 2 fully saturated rings. The van der Waals surface area contributed by atoms with Crippen molar-refractivity contribution in [2.75, 3.05) is 19.8 Å². The summed E-state index contributed by atoms with van der Waals surface area (Å²) in [6.07, 6.45) is 5.36. The second kappa shape index (κ2) is 12.7. The highest BCUT2D eigenvalue weighted by atomic mass is 35.5. The summed E-state index contributed by atoms with van der Waals surface area (Å²) in [7, 11) is 0. The lowest BCUT2D eigenvalue weighted by molar-refractivity contribution is 0.0935. The fourth-order valence-electron chi connectivity index (χ4n) is 4.17. The number of nitrogens with one attached hydrogen (secondary N) is 1. The summed E-state index contributed by atoms with van der Waals surface area (Å²) in [4.78, 5) is 29.3. The molecule has 2 aliphatic heterocycles. The Morgan fingerprint density at radius 2 is 2.08 bits per heavy atom. The molecule has 0 spiro atoms. The lowest BCUT2D eigenvalue weighted by Crippen LogP contribution is -2.37. The molecule has 3 aromatic rings. The molecule has 2 atom stereocenters. The Morgan fingerprint density at radius 1 is 1.29 bits per heavy atom. The molecule has 0 radical (unpaired) electrons. The van der Waals surface area contributed by atoms with Gasteiger partial charge in [-0.3, -0.25) is 4.79 Å². The summed E-state index contributed by atoms with van der Waals surface area (Å²) in [6.45, 7) is 3.36. The van der Waals surface area contributed by atoms with Crippen molar-refractivity contribution in [2.45, 2.75) is 44.9 Å². The maximum Gasteiger partial charge on any atom is 0.410 e. The number of phenolic OH excluding ortho intramolecular Hbond substituents is 1. The number of amides is 2. The van der Waals surface area contributed by atoms with Gasteiger partial charge in [0.1, 0.15) is 24.7 Å². The Hall–Kier alpha value is -3.76. The van der Waals surface area contributed by atoms with Gasteiger partial charge in [0.05, 0.1) is 29.5 Å². The van der Waals surface area contributed by atoms with Gasteiger partial charge in [0, 0.05) is 18.1 Å². The molecular weight excluding hydrogens is 514 g/mol. The van der Waals surface area contributed by atoms with Crippen LogP contribution in [0.25, 0.3) is 11.3 Å². The molecule has 1 aromatic heterocycles. The van der Waals surface area contributed by atoms with E-state index in [1.807, 2.05) is 4.90 Å². The number of cyclic esters (lactones) is 1. The van der Waals surface area contributed by atoms with E-state index in [0.717, 1.165) is 24.9 Å². The second-order valence-corrected chi connectivity index (χ2v) is 9.56. The van der Waals surface area contributed by atoms with E-state index in [1.165, 1.54) is 31.1 Å². The summed E-state index contributed by atoms with van der Waals surface area (Å²) in [5.41, 5.74) is 1.33. The molecule has 5 rings (SSSR count). The van der Waals surface area contributed by atoms with E-state index in [0.29, 0.717) is 29.0 Å². The van der Waals surface area contributed by atoms with Crippen LogP contribution in [0.15, 0.2) is 53.4 Å². The number of aliphatic hydroxyl groups excluding tert-OH is 1. The van der Waals surface area contributed by atoms with Crippen molar-refractivity contribution in [3.63, 3.8) is 0 Å². The standard InChI is InChI=1S/C20H19ClN2O5.C7H11NO2/c1-12(24)10-27-18-7-15(19-9-22-11-28-19)17(25)6-16(18)20(26)23-8-13-2-4-14(21)5-3-13;9-7-8-4-2-1-3-6(8)5-10-7/h2-7,9,11-12,24-25H,8,10H2,1H3,(H,23,26);6H,1-5H2. The SMILES string of the molecule is CC(O)COc1cc(-c2cnco2)c(O)cc1C(=O)NCc1ccc(Cl)cc1.O=C1OCC2CCCCN12. The molecule has 202 valence electrons. The third-order valence-corrected chi connectivity index (χ3v) is 6.40. The first-order valence-corrected chi connectivity index (χ1v) is 12.7. The van der Waals surface area contributed by atoms with Crippen LogP contribution in [-0.2, 0) is 11.3 Å². The molecule has 2 unspecified atom stereocenters. The van der Waals surface area contributed by atoms with E-state index in [9.17, 15) is 19.8 Å². The van der Waals surface area contributed by atoms with Crippen LogP contribution in [0, 0.1) is 0 Å². The van der Waals surface area contributed by atoms with Crippen LogP contribution in [0.3, 0.4) is 0 Å². The summed E-state index contributed by atoms with van der Waals surface area (Å²) in [5.74, 6) is -0.0565. The number of oxazole rings is 1. The lowest BCUT2D eigenvalue weighted by Gasteiger charge is -2.25. The van der Waals surface area contributed by atoms with Crippen molar-refractivity contribution >= 4 is 23.6 Å². The number of piperidine rings is 1. The Bertz CT molecular complexity index is 1230. The quantitative estimate of drug-likeness (QED) is 0.399. The Labute approximate surface area is 225 Å². The van der Waals surface area contributed by atoms with Crippen LogP contribution in [0.5, 0.6) is 11.5 Å². The number of ether oxygens (including phenoxy) is 2. The van der Waals surface area contributed by atoms with Gasteiger partial charge in [-0.05, 0) is 56.0 Å². The van der Waals surface area contributed by atoms with E-state index in [-0.39, 0.29) is 36.3 Å². The van der Waals surface area contributed by atoms with Crippen LogP contribution >= 0.6 is 11.6 Å². The van der Waals surface area contributed by atoms with Gasteiger partial charge < -0.3 is 34.3 Å². The largest absolute Gasteiger partial charge is 0.507 e. The summed E-state index contributed by atoms with van der Waals surface area (Å²) >= 11 is 5.86. The molecule has 3 heterocycles.